The zero-order valence-electron chi connectivity index (χ0n) is 20.0. The third-order valence-electron chi connectivity index (χ3n) is 6.19. The molecule has 5 aromatic rings. The monoisotopic (exact) mass is 481 g/mol. The number of pyridine rings is 1. The molecule has 0 radical (unpaired) electrons. The molecule has 9 heteroatoms. The van der Waals surface area contributed by atoms with Crippen molar-refractivity contribution in [3.05, 3.63) is 95.5 Å². The van der Waals surface area contributed by atoms with E-state index in [9.17, 15) is 10.3 Å². The summed E-state index contributed by atoms with van der Waals surface area (Å²) in [6, 6.07) is 18.0. The van der Waals surface area contributed by atoms with Gasteiger partial charge in [0.25, 0.3) is 0 Å². The number of nitrogens with one attached hydrogen (secondary N) is 1. The van der Waals surface area contributed by atoms with Gasteiger partial charge >= 0.3 is 0 Å². The summed E-state index contributed by atoms with van der Waals surface area (Å²) in [6.07, 6.45) is 7.91. The molecule has 3 aromatic heterocycles. The number of hydrogen-bond acceptors (Lipinski definition) is 6. The van der Waals surface area contributed by atoms with E-state index in [1.807, 2.05) is 42.6 Å². The minimum Gasteiger partial charge on any atom is -0.619 e. The molecule has 0 aliphatic heterocycles. The largest absolute Gasteiger partial charge is 0.619 e. The van der Waals surface area contributed by atoms with Gasteiger partial charge in [0.1, 0.15) is 5.82 Å². The molecule has 2 N–H and O–H groups in total. The lowest BCUT2D eigenvalue weighted by atomic mass is 9.90. The number of aryl methyl sites for hydroxylation is 1. The Morgan fingerprint density at radius 2 is 1.78 bits per heavy atom. The second kappa shape index (κ2) is 10.5. The molecular formula is C27H27N7O2. The van der Waals surface area contributed by atoms with Crippen LogP contribution in [0.3, 0.4) is 0 Å². The Hall–Kier alpha value is -4.37. The molecule has 0 saturated carbocycles. The maximum absolute atomic E-state index is 11.7. The Bertz CT molecular complexity index is 1440. The summed E-state index contributed by atoms with van der Waals surface area (Å²) in [5.74, 6) is 1.56. The number of tetrazole rings is 1. The highest BCUT2D eigenvalue weighted by atomic mass is 16.5. The van der Waals surface area contributed by atoms with E-state index in [1.54, 1.807) is 0 Å². The Labute approximate surface area is 208 Å². The molecule has 2 aromatic carbocycles. The van der Waals surface area contributed by atoms with Gasteiger partial charge in [0.2, 0.25) is 0 Å². The summed E-state index contributed by atoms with van der Waals surface area (Å²) in [6.45, 7) is 2.70. The van der Waals surface area contributed by atoms with Crippen molar-refractivity contribution < 1.29 is 9.84 Å². The summed E-state index contributed by atoms with van der Waals surface area (Å²) in [4.78, 5) is 4.61. The lowest BCUT2D eigenvalue weighted by Crippen LogP contribution is -2.23. The number of nitrogens with zero attached hydrogens (tertiary/aromatic N) is 6. The van der Waals surface area contributed by atoms with Gasteiger partial charge in [0.05, 0.1) is 12.3 Å². The minimum absolute atomic E-state index is 0.0806. The summed E-state index contributed by atoms with van der Waals surface area (Å²) in [5.41, 5.74) is 6.55. The number of aliphatic hydroxyl groups excluding tert-OH is 1. The lowest BCUT2D eigenvalue weighted by Gasteiger charge is -2.16. The van der Waals surface area contributed by atoms with Crippen molar-refractivity contribution in [2.24, 2.45) is 0 Å². The van der Waals surface area contributed by atoms with E-state index in [4.69, 9.17) is 0 Å². The van der Waals surface area contributed by atoms with Crippen molar-refractivity contribution in [1.82, 2.24) is 30.2 Å². The molecule has 5 rings (SSSR count). The summed E-state index contributed by atoms with van der Waals surface area (Å²) >= 11 is 0. The van der Waals surface area contributed by atoms with Crippen LogP contribution in [0.15, 0.2) is 73.2 Å². The number of H-pyrrole nitrogens is 1. The number of rotatable bonds is 9. The number of hydrogen-bond donors (Lipinski definition) is 2. The van der Waals surface area contributed by atoms with Crippen molar-refractivity contribution in [1.29, 1.82) is 0 Å². The predicted octanol–water partition coefficient (Wildman–Crippen LogP) is 3.91. The Balaban J connectivity index is 1.60. The van der Waals surface area contributed by atoms with Crippen LogP contribution in [0.2, 0.25) is 0 Å². The van der Waals surface area contributed by atoms with Crippen LogP contribution in [0.5, 0.6) is 0 Å². The van der Waals surface area contributed by atoms with Crippen LogP contribution in [0.25, 0.3) is 33.6 Å². The van der Waals surface area contributed by atoms with Gasteiger partial charge < -0.3 is 14.9 Å². The van der Waals surface area contributed by atoms with Crippen LogP contribution in [0.1, 0.15) is 36.8 Å². The van der Waals surface area contributed by atoms with E-state index in [0.29, 0.717) is 18.1 Å². The highest BCUT2D eigenvalue weighted by Gasteiger charge is 2.16. The van der Waals surface area contributed by atoms with Crippen LogP contribution < -0.4 is 4.73 Å². The molecule has 9 nitrogen and oxygen atoms in total. The molecule has 0 atom stereocenters. The highest BCUT2D eigenvalue weighted by molar-refractivity contribution is 5.90. The zero-order valence-corrected chi connectivity index (χ0v) is 20.0. The number of aromatic amines is 1. The lowest BCUT2D eigenvalue weighted by molar-refractivity contribution is -0.605. The fourth-order valence-electron chi connectivity index (χ4n) is 4.41. The third-order valence-corrected chi connectivity index (χ3v) is 6.19. The standard InChI is InChI=1S/C27H27N7O2/c1-2-3-8-26-28-21(18-35)17-33(26)16-19-9-10-23(25(15-19)20-11-13-34(36)14-12-20)22-6-4-5-7-24(22)27-29-31-32-30-27/h4-7,9-15,17,35H,2-3,8,16,18H2,1H3,(H,29,30,31,32). The van der Waals surface area contributed by atoms with Gasteiger partial charge in [-0.05, 0) is 50.7 Å². The van der Waals surface area contributed by atoms with Gasteiger partial charge in [-0.2, -0.15) is 4.73 Å². The van der Waals surface area contributed by atoms with E-state index in [-0.39, 0.29) is 6.61 Å². The molecule has 0 fully saturated rings. The van der Waals surface area contributed by atoms with Crippen LogP contribution in [0, 0.1) is 5.21 Å². The first kappa shape index (κ1) is 23.4. The van der Waals surface area contributed by atoms with Crippen molar-refractivity contribution in [2.45, 2.75) is 39.3 Å². The Kier molecular flexibility index (Phi) is 6.81. The fourth-order valence-corrected chi connectivity index (χ4v) is 4.41. The van der Waals surface area contributed by atoms with Gasteiger partial charge in [0, 0.05) is 36.9 Å². The summed E-state index contributed by atoms with van der Waals surface area (Å²) < 4.78 is 2.90. The van der Waals surface area contributed by atoms with Crippen molar-refractivity contribution in [2.75, 3.05) is 0 Å². The van der Waals surface area contributed by atoms with Gasteiger partial charge in [-0.3, -0.25) is 0 Å². The van der Waals surface area contributed by atoms with Crippen LogP contribution in [-0.2, 0) is 19.6 Å². The average molecular weight is 482 g/mol. The predicted molar refractivity (Wildman–Crippen MR) is 135 cm³/mol. The summed E-state index contributed by atoms with van der Waals surface area (Å²) in [7, 11) is 0. The van der Waals surface area contributed by atoms with Crippen molar-refractivity contribution in [3.63, 3.8) is 0 Å². The first-order valence-corrected chi connectivity index (χ1v) is 12.0. The molecule has 0 unspecified atom stereocenters. The van der Waals surface area contributed by atoms with Crippen LogP contribution >= 0.6 is 0 Å². The third kappa shape index (κ3) is 4.87. The van der Waals surface area contributed by atoms with Gasteiger partial charge in [-0.1, -0.05) is 49.7 Å². The smallest absolute Gasteiger partial charge is 0.180 e. The van der Waals surface area contributed by atoms with E-state index in [0.717, 1.165) is 63.2 Å². The maximum atomic E-state index is 11.7. The molecule has 0 amide bonds. The SMILES string of the molecule is CCCCc1nc(CO)cn1Cc1ccc(-c2ccccc2-c2nnn[nH]2)c(-c2cc[n+]([O-])cc2)c1. The topological polar surface area (TPSA) is 119 Å². The fraction of sp³-hybridized carbons (Fsp3) is 0.222. The summed E-state index contributed by atoms with van der Waals surface area (Å²) in [5, 5.41) is 35.8. The van der Waals surface area contributed by atoms with E-state index in [2.05, 4.69) is 55.3 Å². The maximum Gasteiger partial charge on any atom is 0.180 e. The molecular weight excluding hydrogens is 454 g/mol. The van der Waals surface area contributed by atoms with Crippen molar-refractivity contribution in [3.8, 4) is 33.6 Å². The van der Waals surface area contributed by atoms with E-state index >= 15 is 0 Å². The minimum atomic E-state index is -0.0806. The number of aromatic nitrogens is 7. The van der Waals surface area contributed by atoms with Gasteiger partial charge in [-0.25, -0.2) is 10.1 Å². The number of imidazole rings is 1. The quantitative estimate of drug-likeness (QED) is 0.243. The number of unbranched alkanes of at least 4 members (excludes halogenated alkanes) is 1. The van der Waals surface area contributed by atoms with Crippen molar-refractivity contribution >= 4 is 0 Å². The highest BCUT2D eigenvalue weighted by Crippen LogP contribution is 2.37. The Morgan fingerprint density at radius 1 is 1.00 bits per heavy atom. The molecule has 0 saturated heterocycles. The number of aliphatic hydroxyl groups is 1. The molecule has 0 aliphatic carbocycles. The molecule has 0 aliphatic rings. The first-order valence-electron chi connectivity index (χ1n) is 12.0. The number of benzene rings is 2. The second-order valence-electron chi connectivity index (χ2n) is 8.66. The molecule has 0 spiro atoms. The van der Waals surface area contributed by atoms with Crippen LogP contribution in [-0.4, -0.2) is 35.3 Å². The normalized spacial score (nSPS) is 11.2. The average Bonchev–Trinajstić information content (AvgIpc) is 3.58. The molecule has 36 heavy (non-hydrogen) atoms. The van der Waals surface area contributed by atoms with E-state index in [1.165, 1.54) is 12.4 Å². The van der Waals surface area contributed by atoms with Crippen LogP contribution in [0.4, 0.5) is 0 Å². The van der Waals surface area contributed by atoms with Gasteiger partial charge in [-0.15, -0.1) is 5.10 Å². The molecule has 182 valence electrons. The Morgan fingerprint density at radius 3 is 2.50 bits per heavy atom. The first-order chi connectivity index (χ1) is 17.7. The van der Waals surface area contributed by atoms with Gasteiger partial charge in [0.15, 0.2) is 18.2 Å². The molecule has 0 bridgehead atoms. The van der Waals surface area contributed by atoms with E-state index < -0.39 is 0 Å². The molecule has 3 heterocycles. The zero-order chi connectivity index (χ0) is 24.9. The second-order valence-corrected chi connectivity index (χ2v) is 8.66.